The van der Waals surface area contributed by atoms with Gasteiger partial charge in [-0.15, -0.1) is 0 Å². The normalized spacial score (nSPS) is 12.2. The van der Waals surface area contributed by atoms with Crippen molar-refractivity contribution in [2.45, 2.75) is 19.6 Å². The van der Waals surface area contributed by atoms with Crippen molar-refractivity contribution in [3.63, 3.8) is 0 Å². The van der Waals surface area contributed by atoms with Crippen LogP contribution in [0.3, 0.4) is 0 Å². The number of carbonyl (C=O) groups is 1. The molecule has 0 aliphatic carbocycles. The maximum Gasteiger partial charge on any atom is 0.255 e. The van der Waals surface area contributed by atoms with E-state index < -0.39 is 5.91 Å². The minimum atomic E-state index is -0.496. The van der Waals surface area contributed by atoms with Gasteiger partial charge in [0.15, 0.2) is 6.61 Å². The number of rotatable bonds is 10. The number of nitrogens with one attached hydrogen (secondary N) is 2. The number of ether oxygens (including phenoxy) is 1. The molecular formula is C18H25N3O3. The standard InChI is InChI=1S/C18H25N3O3/c1-13(22)10-20-8-9-21-11-16-15-5-3-2-4-14(15)6-7-17(16)24-12-18(19)23/h2-7,13,20-22H,8-12H2,1H3,(H2,19,23). The maximum atomic E-state index is 11.0. The molecular weight excluding hydrogens is 306 g/mol. The van der Waals surface area contributed by atoms with Crippen LogP contribution in [0.15, 0.2) is 36.4 Å². The van der Waals surface area contributed by atoms with Crippen LogP contribution in [-0.4, -0.2) is 43.4 Å². The van der Waals surface area contributed by atoms with Gasteiger partial charge in [-0.3, -0.25) is 4.79 Å². The van der Waals surface area contributed by atoms with Crippen molar-refractivity contribution in [3.8, 4) is 5.75 Å². The average molecular weight is 331 g/mol. The third-order valence-electron chi connectivity index (χ3n) is 3.59. The first kappa shape index (κ1) is 18.2. The van der Waals surface area contributed by atoms with Crippen molar-refractivity contribution in [1.82, 2.24) is 10.6 Å². The van der Waals surface area contributed by atoms with Crippen LogP contribution in [-0.2, 0) is 11.3 Å². The summed E-state index contributed by atoms with van der Waals surface area (Å²) in [6, 6.07) is 11.9. The molecule has 0 spiro atoms. The molecule has 6 nitrogen and oxygen atoms in total. The van der Waals surface area contributed by atoms with Crippen LogP contribution in [0.25, 0.3) is 10.8 Å². The van der Waals surface area contributed by atoms with Crippen LogP contribution in [0.1, 0.15) is 12.5 Å². The number of hydrogen-bond acceptors (Lipinski definition) is 5. The predicted molar refractivity (Wildman–Crippen MR) is 94.9 cm³/mol. The van der Waals surface area contributed by atoms with Crippen molar-refractivity contribution in [3.05, 3.63) is 42.0 Å². The Labute approximate surface area is 142 Å². The first-order chi connectivity index (χ1) is 11.6. The first-order valence-corrected chi connectivity index (χ1v) is 8.09. The molecule has 0 aromatic heterocycles. The summed E-state index contributed by atoms with van der Waals surface area (Å²) in [5.41, 5.74) is 6.18. The molecule has 0 aliphatic rings. The van der Waals surface area contributed by atoms with Gasteiger partial charge in [0.2, 0.25) is 0 Å². The maximum absolute atomic E-state index is 11.0. The van der Waals surface area contributed by atoms with Crippen molar-refractivity contribution in [2.75, 3.05) is 26.2 Å². The summed E-state index contributed by atoms with van der Waals surface area (Å²) in [5, 5.41) is 17.9. The summed E-state index contributed by atoms with van der Waals surface area (Å²) >= 11 is 0. The lowest BCUT2D eigenvalue weighted by Gasteiger charge is -2.15. The van der Waals surface area contributed by atoms with Gasteiger partial charge in [-0.1, -0.05) is 30.3 Å². The Hall–Kier alpha value is -2.15. The van der Waals surface area contributed by atoms with E-state index >= 15 is 0 Å². The van der Waals surface area contributed by atoms with E-state index in [1.807, 2.05) is 36.4 Å². The zero-order valence-electron chi connectivity index (χ0n) is 13.9. The summed E-state index contributed by atoms with van der Waals surface area (Å²) in [6.07, 6.45) is -0.350. The zero-order chi connectivity index (χ0) is 17.4. The molecule has 0 fully saturated rings. The highest BCUT2D eigenvalue weighted by molar-refractivity contribution is 5.88. The average Bonchev–Trinajstić information content (AvgIpc) is 2.56. The monoisotopic (exact) mass is 331 g/mol. The molecule has 0 aliphatic heterocycles. The molecule has 1 atom stereocenters. The Morgan fingerprint density at radius 3 is 2.71 bits per heavy atom. The number of fused-ring (bicyclic) bond motifs is 1. The topological polar surface area (TPSA) is 96.6 Å². The largest absolute Gasteiger partial charge is 0.483 e. The third-order valence-corrected chi connectivity index (χ3v) is 3.59. The molecule has 0 saturated carbocycles. The van der Waals surface area contributed by atoms with Gasteiger partial charge in [0.1, 0.15) is 5.75 Å². The fourth-order valence-electron chi connectivity index (χ4n) is 2.48. The summed E-state index contributed by atoms with van der Waals surface area (Å²) in [6.45, 7) is 4.31. The molecule has 2 aromatic rings. The number of aliphatic hydroxyl groups excluding tert-OH is 1. The Morgan fingerprint density at radius 1 is 1.21 bits per heavy atom. The summed E-state index contributed by atoms with van der Waals surface area (Å²) in [7, 11) is 0. The lowest BCUT2D eigenvalue weighted by molar-refractivity contribution is -0.119. The number of hydrogen-bond donors (Lipinski definition) is 4. The first-order valence-electron chi connectivity index (χ1n) is 8.09. The number of amides is 1. The SMILES string of the molecule is CC(O)CNCCNCc1c(OCC(N)=O)ccc2ccccc12. The van der Waals surface area contributed by atoms with E-state index in [1.54, 1.807) is 6.92 Å². The van der Waals surface area contributed by atoms with Crippen molar-refractivity contribution in [2.24, 2.45) is 5.73 Å². The Bertz CT molecular complexity index is 674. The van der Waals surface area contributed by atoms with E-state index in [4.69, 9.17) is 10.5 Å². The summed E-state index contributed by atoms with van der Waals surface area (Å²) in [5.74, 6) is 0.168. The van der Waals surface area contributed by atoms with Crippen LogP contribution >= 0.6 is 0 Å². The van der Waals surface area contributed by atoms with Gasteiger partial charge in [-0.2, -0.15) is 0 Å². The second-order valence-corrected chi connectivity index (χ2v) is 5.75. The second-order valence-electron chi connectivity index (χ2n) is 5.75. The molecule has 130 valence electrons. The number of primary amides is 1. The van der Waals surface area contributed by atoms with Gasteiger partial charge in [-0.25, -0.2) is 0 Å². The number of benzene rings is 2. The highest BCUT2D eigenvalue weighted by atomic mass is 16.5. The zero-order valence-corrected chi connectivity index (χ0v) is 13.9. The molecule has 1 amide bonds. The lowest BCUT2D eigenvalue weighted by atomic mass is 10.0. The molecule has 2 rings (SSSR count). The van der Waals surface area contributed by atoms with Crippen LogP contribution < -0.4 is 21.1 Å². The van der Waals surface area contributed by atoms with E-state index in [0.717, 1.165) is 29.4 Å². The smallest absolute Gasteiger partial charge is 0.255 e. The highest BCUT2D eigenvalue weighted by Crippen LogP contribution is 2.28. The highest BCUT2D eigenvalue weighted by Gasteiger charge is 2.09. The molecule has 0 radical (unpaired) electrons. The van der Waals surface area contributed by atoms with E-state index in [-0.39, 0.29) is 12.7 Å². The van der Waals surface area contributed by atoms with Crippen molar-refractivity contribution < 1.29 is 14.6 Å². The van der Waals surface area contributed by atoms with Crippen molar-refractivity contribution >= 4 is 16.7 Å². The van der Waals surface area contributed by atoms with Crippen LogP contribution in [0, 0.1) is 0 Å². The van der Waals surface area contributed by atoms with Crippen LogP contribution in [0.4, 0.5) is 0 Å². The quantitative estimate of drug-likeness (QED) is 0.482. The van der Waals surface area contributed by atoms with E-state index in [0.29, 0.717) is 18.8 Å². The summed E-state index contributed by atoms with van der Waals surface area (Å²) < 4.78 is 5.55. The van der Waals surface area contributed by atoms with Gasteiger partial charge in [0.05, 0.1) is 6.10 Å². The van der Waals surface area contributed by atoms with E-state index in [1.165, 1.54) is 0 Å². The Balaban J connectivity index is 2.04. The fourth-order valence-corrected chi connectivity index (χ4v) is 2.48. The minimum absolute atomic E-state index is 0.138. The van der Waals surface area contributed by atoms with Crippen LogP contribution in [0.5, 0.6) is 5.75 Å². The number of nitrogens with two attached hydrogens (primary N) is 1. The lowest BCUT2D eigenvalue weighted by Crippen LogP contribution is -2.31. The van der Waals surface area contributed by atoms with Crippen LogP contribution in [0.2, 0.25) is 0 Å². The fraction of sp³-hybridized carbons (Fsp3) is 0.389. The minimum Gasteiger partial charge on any atom is -0.483 e. The summed E-state index contributed by atoms with van der Waals surface area (Å²) in [4.78, 5) is 11.0. The predicted octanol–water partition coefficient (Wildman–Crippen LogP) is 0.764. The van der Waals surface area contributed by atoms with E-state index in [9.17, 15) is 9.90 Å². The molecule has 0 heterocycles. The molecule has 5 N–H and O–H groups in total. The van der Waals surface area contributed by atoms with E-state index in [2.05, 4.69) is 10.6 Å². The second kappa shape index (κ2) is 9.22. The molecule has 24 heavy (non-hydrogen) atoms. The van der Waals surface area contributed by atoms with Gasteiger partial charge in [0.25, 0.3) is 5.91 Å². The van der Waals surface area contributed by atoms with Gasteiger partial charge >= 0.3 is 0 Å². The van der Waals surface area contributed by atoms with Crippen molar-refractivity contribution in [1.29, 1.82) is 0 Å². The molecule has 6 heteroatoms. The molecule has 1 unspecified atom stereocenters. The Morgan fingerprint density at radius 2 is 1.96 bits per heavy atom. The molecule has 0 bridgehead atoms. The van der Waals surface area contributed by atoms with Gasteiger partial charge in [0, 0.05) is 31.7 Å². The Kier molecular flexibility index (Phi) is 6.99. The molecule has 0 saturated heterocycles. The molecule has 2 aromatic carbocycles. The number of carbonyl (C=O) groups excluding carboxylic acids is 1. The van der Waals surface area contributed by atoms with Gasteiger partial charge < -0.3 is 26.2 Å². The third kappa shape index (κ3) is 5.49. The number of aliphatic hydroxyl groups is 1. The van der Waals surface area contributed by atoms with Gasteiger partial charge in [-0.05, 0) is 23.8 Å².